The SMILES string of the molecule is CCCCCOC(=O)N1CCN(C(=O)[C@H](CCC(=O)O)NC(=O)c2cc(N3CCN(CCN(C)C)CC3)cc(-c3ccccc3)n2)CC1. The van der Waals surface area contributed by atoms with Crippen LogP contribution in [-0.2, 0) is 14.3 Å². The molecule has 2 aliphatic heterocycles. The van der Waals surface area contributed by atoms with Crippen molar-refractivity contribution in [1.82, 2.24) is 29.9 Å². The van der Waals surface area contributed by atoms with Gasteiger partial charge in [-0.15, -0.1) is 0 Å². The number of piperazine rings is 2. The van der Waals surface area contributed by atoms with Gasteiger partial charge in [-0.3, -0.25) is 19.3 Å². The van der Waals surface area contributed by atoms with E-state index in [1.54, 1.807) is 15.9 Å². The van der Waals surface area contributed by atoms with Gasteiger partial charge < -0.3 is 34.8 Å². The van der Waals surface area contributed by atoms with Gasteiger partial charge in [0, 0.05) is 83.1 Å². The zero-order chi connectivity index (χ0) is 34.5. The molecular formula is C35H51N7O6. The van der Waals surface area contributed by atoms with Gasteiger partial charge in [-0.05, 0) is 39.1 Å². The summed E-state index contributed by atoms with van der Waals surface area (Å²) in [6.45, 7) is 8.92. The standard InChI is InChI=1S/C35H51N7O6/c1-4-5-9-24-48-35(47)42-22-20-41(21-23-42)34(46)29(12-13-32(43)44)37-33(45)31-26-28(25-30(36-31)27-10-7-6-8-11-27)40-18-16-39(17-19-40)15-14-38(2)3/h6-8,10-11,25-26,29H,4-5,9,12-24H2,1-3H3,(H,37,45)(H,43,44)/t29-/m0/s1. The van der Waals surface area contributed by atoms with E-state index < -0.39 is 24.0 Å². The third-order valence-corrected chi connectivity index (χ3v) is 8.79. The Morgan fingerprint density at radius 1 is 0.938 bits per heavy atom. The fourth-order valence-corrected chi connectivity index (χ4v) is 5.83. The van der Waals surface area contributed by atoms with Crippen molar-refractivity contribution in [2.24, 2.45) is 0 Å². The van der Waals surface area contributed by atoms with Gasteiger partial charge in [-0.2, -0.15) is 0 Å². The van der Waals surface area contributed by atoms with Crippen LogP contribution in [0.3, 0.4) is 0 Å². The molecule has 0 aliphatic carbocycles. The van der Waals surface area contributed by atoms with E-state index in [4.69, 9.17) is 9.72 Å². The lowest BCUT2D eigenvalue weighted by molar-refractivity contribution is -0.138. The Labute approximate surface area is 283 Å². The Kier molecular flexibility index (Phi) is 14.0. The quantitative estimate of drug-likeness (QED) is 0.273. The number of benzene rings is 1. The molecule has 0 spiro atoms. The van der Waals surface area contributed by atoms with Gasteiger partial charge in [0.05, 0.1) is 12.3 Å². The van der Waals surface area contributed by atoms with Gasteiger partial charge in [0.1, 0.15) is 11.7 Å². The number of likely N-dealkylation sites (N-methyl/N-ethyl adjacent to an activating group) is 1. The molecule has 262 valence electrons. The van der Waals surface area contributed by atoms with Crippen LogP contribution in [-0.4, -0.2) is 146 Å². The van der Waals surface area contributed by atoms with Crippen molar-refractivity contribution in [3.63, 3.8) is 0 Å². The van der Waals surface area contributed by atoms with Crippen LogP contribution in [0.1, 0.15) is 49.5 Å². The normalized spacial score (nSPS) is 16.1. The average molecular weight is 666 g/mol. The summed E-state index contributed by atoms with van der Waals surface area (Å²) in [5.74, 6) is -1.99. The molecule has 1 aromatic carbocycles. The van der Waals surface area contributed by atoms with Crippen molar-refractivity contribution in [1.29, 1.82) is 0 Å². The van der Waals surface area contributed by atoms with Crippen molar-refractivity contribution >= 4 is 29.6 Å². The Morgan fingerprint density at radius 3 is 2.27 bits per heavy atom. The number of carboxylic acid groups (broad SMARTS) is 1. The lowest BCUT2D eigenvalue weighted by atomic mass is 10.1. The van der Waals surface area contributed by atoms with Crippen LogP contribution >= 0.6 is 0 Å². The minimum absolute atomic E-state index is 0.0697. The predicted molar refractivity (Wildman–Crippen MR) is 184 cm³/mol. The Bertz CT molecular complexity index is 1360. The van der Waals surface area contributed by atoms with E-state index in [-0.39, 0.29) is 37.5 Å². The van der Waals surface area contributed by atoms with E-state index in [2.05, 4.69) is 41.0 Å². The lowest BCUT2D eigenvalue weighted by Gasteiger charge is -2.37. The summed E-state index contributed by atoms with van der Waals surface area (Å²) in [6, 6.07) is 12.3. The number of pyridine rings is 1. The highest BCUT2D eigenvalue weighted by Gasteiger charge is 2.31. The van der Waals surface area contributed by atoms with Crippen molar-refractivity contribution in [2.45, 2.75) is 45.1 Å². The molecule has 13 nitrogen and oxygen atoms in total. The van der Waals surface area contributed by atoms with Crippen LogP contribution in [0.2, 0.25) is 0 Å². The summed E-state index contributed by atoms with van der Waals surface area (Å²) in [5.41, 5.74) is 2.52. The number of carboxylic acids is 1. The number of carbonyl (C=O) groups is 4. The predicted octanol–water partition coefficient (Wildman–Crippen LogP) is 2.87. The molecule has 3 amide bonds. The molecule has 2 saturated heterocycles. The van der Waals surface area contributed by atoms with E-state index in [1.165, 1.54) is 0 Å². The molecule has 0 unspecified atom stereocenters. The van der Waals surface area contributed by atoms with Crippen LogP contribution in [0.25, 0.3) is 11.3 Å². The molecule has 3 heterocycles. The molecular weight excluding hydrogens is 614 g/mol. The second-order valence-electron chi connectivity index (χ2n) is 12.7. The third-order valence-electron chi connectivity index (χ3n) is 8.79. The summed E-state index contributed by atoms with van der Waals surface area (Å²) in [4.78, 5) is 66.1. The van der Waals surface area contributed by atoms with E-state index in [9.17, 15) is 24.3 Å². The van der Waals surface area contributed by atoms with E-state index in [1.807, 2.05) is 36.4 Å². The molecule has 2 N–H and O–H groups in total. The number of carbonyl (C=O) groups excluding carboxylic acids is 3. The molecule has 2 aromatic rings. The molecule has 2 aliphatic rings. The Hall–Kier alpha value is -4.23. The molecule has 1 aromatic heterocycles. The summed E-state index contributed by atoms with van der Waals surface area (Å²) >= 11 is 0. The molecule has 0 radical (unpaired) electrons. The number of aromatic nitrogens is 1. The Morgan fingerprint density at radius 2 is 1.62 bits per heavy atom. The maximum absolute atomic E-state index is 13.8. The fraction of sp³-hybridized carbons (Fsp3) is 0.571. The summed E-state index contributed by atoms with van der Waals surface area (Å²) in [7, 11) is 4.14. The second-order valence-corrected chi connectivity index (χ2v) is 12.7. The number of amides is 3. The monoisotopic (exact) mass is 665 g/mol. The maximum atomic E-state index is 13.8. The van der Waals surface area contributed by atoms with Gasteiger partial charge >= 0.3 is 12.1 Å². The number of hydrogen-bond donors (Lipinski definition) is 2. The number of rotatable bonds is 15. The number of nitrogens with zero attached hydrogens (tertiary/aromatic N) is 6. The van der Waals surface area contributed by atoms with Crippen LogP contribution in [0.5, 0.6) is 0 Å². The maximum Gasteiger partial charge on any atom is 0.409 e. The lowest BCUT2D eigenvalue weighted by Crippen LogP contribution is -2.56. The largest absolute Gasteiger partial charge is 0.481 e. The topological polar surface area (TPSA) is 139 Å². The summed E-state index contributed by atoms with van der Waals surface area (Å²) in [5, 5.41) is 12.2. The molecule has 0 bridgehead atoms. The first-order valence-corrected chi connectivity index (χ1v) is 17.1. The van der Waals surface area contributed by atoms with E-state index in [0.29, 0.717) is 25.4 Å². The number of nitrogens with one attached hydrogen (secondary N) is 1. The van der Waals surface area contributed by atoms with Gasteiger partial charge in [0.25, 0.3) is 5.91 Å². The highest BCUT2D eigenvalue weighted by molar-refractivity contribution is 5.97. The first-order valence-electron chi connectivity index (χ1n) is 17.1. The minimum Gasteiger partial charge on any atom is -0.481 e. The Balaban J connectivity index is 1.47. The van der Waals surface area contributed by atoms with Gasteiger partial charge in [-0.25, -0.2) is 9.78 Å². The van der Waals surface area contributed by atoms with Crippen molar-refractivity contribution < 1.29 is 29.0 Å². The highest BCUT2D eigenvalue weighted by Crippen LogP contribution is 2.26. The highest BCUT2D eigenvalue weighted by atomic mass is 16.6. The van der Waals surface area contributed by atoms with Crippen LogP contribution < -0.4 is 10.2 Å². The average Bonchev–Trinajstić information content (AvgIpc) is 3.11. The number of anilines is 1. The van der Waals surface area contributed by atoms with E-state index >= 15 is 0 Å². The van der Waals surface area contributed by atoms with Crippen molar-refractivity contribution in [3.8, 4) is 11.3 Å². The second kappa shape index (κ2) is 18.3. The smallest absolute Gasteiger partial charge is 0.409 e. The van der Waals surface area contributed by atoms with Gasteiger partial charge in [0.2, 0.25) is 5.91 Å². The number of hydrogen-bond acceptors (Lipinski definition) is 9. The van der Waals surface area contributed by atoms with Gasteiger partial charge in [0.15, 0.2) is 0 Å². The number of ether oxygens (including phenoxy) is 1. The van der Waals surface area contributed by atoms with Crippen LogP contribution in [0, 0.1) is 0 Å². The first-order chi connectivity index (χ1) is 23.1. The molecule has 4 rings (SSSR count). The summed E-state index contributed by atoms with van der Waals surface area (Å²) < 4.78 is 5.36. The first kappa shape index (κ1) is 36.6. The van der Waals surface area contributed by atoms with Crippen molar-refractivity contribution in [3.05, 3.63) is 48.2 Å². The molecule has 48 heavy (non-hydrogen) atoms. The van der Waals surface area contributed by atoms with Crippen LogP contribution in [0.4, 0.5) is 10.5 Å². The number of unbranched alkanes of at least 4 members (excludes halogenated alkanes) is 2. The zero-order valence-corrected chi connectivity index (χ0v) is 28.6. The molecule has 2 fully saturated rings. The number of aliphatic carboxylic acids is 1. The molecule has 13 heteroatoms. The molecule has 1 atom stereocenters. The molecule has 0 saturated carbocycles. The van der Waals surface area contributed by atoms with Crippen LogP contribution in [0.15, 0.2) is 42.5 Å². The minimum atomic E-state index is -1.06. The fourth-order valence-electron chi connectivity index (χ4n) is 5.83. The zero-order valence-electron chi connectivity index (χ0n) is 28.6. The third kappa shape index (κ3) is 10.9. The van der Waals surface area contributed by atoms with E-state index in [0.717, 1.165) is 69.8 Å². The van der Waals surface area contributed by atoms with Crippen molar-refractivity contribution in [2.75, 3.05) is 91.0 Å². The van der Waals surface area contributed by atoms with Gasteiger partial charge in [-0.1, -0.05) is 50.1 Å². The summed E-state index contributed by atoms with van der Waals surface area (Å²) in [6.07, 6.45) is 2.07.